The first kappa shape index (κ1) is 22.7. The molecule has 2 aromatic heterocycles. The highest BCUT2D eigenvalue weighted by Gasteiger charge is 2.41. The number of carbonyl (C=O) groups excluding carboxylic acids is 2. The van der Waals surface area contributed by atoms with Gasteiger partial charge in [-0.15, -0.1) is 0 Å². The molecule has 10 nitrogen and oxygen atoms in total. The van der Waals surface area contributed by atoms with Crippen molar-refractivity contribution in [1.29, 1.82) is 0 Å². The summed E-state index contributed by atoms with van der Waals surface area (Å²) in [6.45, 7) is 8.40. The van der Waals surface area contributed by atoms with Crippen LogP contribution in [0.1, 0.15) is 41.4 Å². The van der Waals surface area contributed by atoms with Crippen molar-refractivity contribution in [3.05, 3.63) is 22.9 Å². The number of morpholine rings is 1. The third kappa shape index (κ3) is 4.36. The van der Waals surface area contributed by atoms with E-state index in [1.807, 2.05) is 17.9 Å². The lowest BCUT2D eigenvalue weighted by Crippen LogP contribution is -2.49. The molecule has 1 saturated carbocycles. The molecular formula is C24H30N6O4S. The highest BCUT2D eigenvalue weighted by molar-refractivity contribution is 7.19. The Morgan fingerprint density at radius 3 is 2.66 bits per heavy atom. The zero-order valence-electron chi connectivity index (χ0n) is 20.0. The van der Waals surface area contributed by atoms with E-state index in [1.165, 1.54) is 24.2 Å². The van der Waals surface area contributed by atoms with E-state index in [2.05, 4.69) is 27.4 Å². The summed E-state index contributed by atoms with van der Waals surface area (Å²) >= 11 is 1.40. The van der Waals surface area contributed by atoms with Gasteiger partial charge in [0.05, 0.1) is 54.3 Å². The number of nitrogens with one attached hydrogen (secondary N) is 2. The third-order valence-electron chi connectivity index (χ3n) is 7.23. The first-order valence-corrected chi connectivity index (χ1v) is 13.1. The van der Waals surface area contributed by atoms with Gasteiger partial charge in [-0.2, -0.15) is 0 Å². The molecule has 0 bridgehead atoms. The monoisotopic (exact) mass is 498 g/mol. The lowest BCUT2D eigenvalue weighted by atomic mass is 10.1. The van der Waals surface area contributed by atoms with E-state index >= 15 is 0 Å². The molecule has 3 amide bonds. The maximum Gasteiger partial charge on any atom is 0.321 e. The molecule has 0 spiro atoms. The Balaban J connectivity index is 1.32. The van der Waals surface area contributed by atoms with Crippen LogP contribution < -0.4 is 15.5 Å². The first-order chi connectivity index (χ1) is 17.0. The quantitative estimate of drug-likeness (QED) is 0.630. The van der Waals surface area contributed by atoms with E-state index in [9.17, 15) is 9.59 Å². The van der Waals surface area contributed by atoms with Crippen LogP contribution in [0.5, 0.6) is 0 Å². The first-order valence-electron chi connectivity index (χ1n) is 12.3. The van der Waals surface area contributed by atoms with Gasteiger partial charge in [-0.05, 0) is 44.2 Å². The van der Waals surface area contributed by atoms with E-state index in [0.717, 1.165) is 33.2 Å². The van der Waals surface area contributed by atoms with Gasteiger partial charge in [0.2, 0.25) is 0 Å². The van der Waals surface area contributed by atoms with Crippen molar-refractivity contribution >= 4 is 34.2 Å². The standard InChI is InChI=1S/C24H30N6O4S/c1-13-20(35-24(25-13)28-23(32)26-17-11-34-12-17)18-9-16-10-30(14(2)15-3-4-15)22(31)19(16)21(27-18)29-5-7-33-8-6-29/h9,14-15,17H,3-8,10-12H2,1-2H3,(H2,25,26,28,32)/t14-/m0/s1. The minimum absolute atomic E-state index is 0.0449. The van der Waals surface area contributed by atoms with Crippen molar-refractivity contribution in [2.75, 3.05) is 49.7 Å². The maximum atomic E-state index is 13.5. The molecule has 2 N–H and O–H groups in total. The van der Waals surface area contributed by atoms with E-state index in [1.54, 1.807) is 0 Å². The average Bonchev–Trinajstić information content (AvgIpc) is 3.54. The lowest BCUT2D eigenvalue weighted by Gasteiger charge is -2.29. The van der Waals surface area contributed by atoms with Gasteiger partial charge in [-0.1, -0.05) is 11.3 Å². The Bertz CT molecular complexity index is 1160. The Labute approximate surface area is 208 Å². The van der Waals surface area contributed by atoms with Gasteiger partial charge in [0.1, 0.15) is 5.82 Å². The maximum absolute atomic E-state index is 13.5. The minimum atomic E-state index is -0.287. The number of carbonyl (C=O) groups is 2. The van der Waals surface area contributed by atoms with Crippen LogP contribution in [0.4, 0.5) is 15.7 Å². The molecular weight excluding hydrogens is 468 g/mol. The number of hydrogen-bond donors (Lipinski definition) is 2. The normalized spacial score (nSPS) is 21.0. The number of aromatic nitrogens is 2. The third-order valence-corrected chi connectivity index (χ3v) is 8.32. The molecule has 2 saturated heterocycles. The van der Waals surface area contributed by atoms with E-state index in [0.29, 0.717) is 57.1 Å². The van der Waals surface area contributed by atoms with Crippen molar-refractivity contribution < 1.29 is 19.1 Å². The summed E-state index contributed by atoms with van der Waals surface area (Å²) in [5.41, 5.74) is 3.32. The molecule has 6 rings (SSSR count). The summed E-state index contributed by atoms with van der Waals surface area (Å²) < 4.78 is 10.7. The number of amides is 3. The summed E-state index contributed by atoms with van der Waals surface area (Å²) in [7, 11) is 0. The fraction of sp³-hybridized carbons (Fsp3) is 0.583. The lowest BCUT2D eigenvalue weighted by molar-refractivity contribution is 0.000734. The van der Waals surface area contributed by atoms with Gasteiger partial charge in [0.25, 0.3) is 5.91 Å². The summed E-state index contributed by atoms with van der Waals surface area (Å²) in [5.74, 6) is 1.42. The number of rotatable bonds is 6. The number of ether oxygens (including phenoxy) is 2. The van der Waals surface area contributed by atoms with E-state index in [-0.39, 0.29) is 24.0 Å². The molecule has 0 aromatic carbocycles. The van der Waals surface area contributed by atoms with E-state index < -0.39 is 0 Å². The Kier molecular flexibility index (Phi) is 5.85. The minimum Gasteiger partial charge on any atom is -0.378 e. The molecule has 3 aliphatic heterocycles. The Hall–Kier alpha value is -2.76. The summed E-state index contributed by atoms with van der Waals surface area (Å²) in [6.07, 6.45) is 2.39. The summed E-state index contributed by atoms with van der Waals surface area (Å²) in [6, 6.07) is 2.03. The summed E-state index contributed by atoms with van der Waals surface area (Å²) in [5, 5.41) is 6.22. The zero-order chi connectivity index (χ0) is 24.1. The number of anilines is 2. The molecule has 2 aromatic rings. The molecule has 186 valence electrons. The van der Waals surface area contributed by atoms with Crippen molar-refractivity contribution in [2.45, 2.75) is 45.3 Å². The van der Waals surface area contributed by atoms with Crippen LogP contribution in [0, 0.1) is 12.8 Å². The number of pyridine rings is 1. The zero-order valence-corrected chi connectivity index (χ0v) is 20.8. The van der Waals surface area contributed by atoms with Crippen LogP contribution in [0.2, 0.25) is 0 Å². The number of urea groups is 1. The molecule has 0 radical (unpaired) electrons. The number of nitrogens with zero attached hydrogens (tertiary/aromatic N) is 4. The molecule has 35 heavy (non-hydrogen) atoms. The van der Waals surface area contributed by atoms with Crippen LogP contribution in [-0.4, -0.2) is 78.4 Å². The number of hydrogen-bond acceptors (Lipinski definition) is 8. The SMILES string of the molecule is Cc1nc(NC(=O)NC2COC2)sc1-c1cc2c(c(N3CCOCC3)n1)C(=O)N([C@@H](C)C1CC1)C2. The van der Waals surface area contributed by atoms with Crippen LogP contribution in [-0.2, 0) is 16.0 Å². The Morgan fingerprint density at radius 1 is 1.20 bits per heavy atom. The molecule has 1 atom stereocenters. The fourth-order valence-electron chi connectivity index (χ4n) is 4.95. The molecule has 4 aliphatic rings. The largest absolute Gasteiger partial charge is 0.378 e. The predicted octanol–water partition coefficient (Wildman–Crippen LogP) is 2.62. The molecule has 0 unspecified atom stereocenters. The highest BCUT2D eigenvalue weighted by Crippen LogP contribution is 2.42. The molecule has 1 aliphatic carbocycles. The van der Waals surface area contributed by atoms with Gasteiger partial charge < -0.3 is 24.6 Å². The van der Waals surface area contributed by atoms with Crippen molar-refractivity contribution in [1.82, 2.24) is 20.2 Å². The fourth-order valence-corrected chi connectivity index (χ4v) is 5.87. The number of fused-ring (bicyclic) bond motifs is 1. The van der Waals surface area contributed by atoms with E-state index in [4.69, 9.17) is 14.5 Å². The van der Waals surface area contributed by atoms with Gasteiger partial charge in [0.15, 0.2) is 5.13 Å². The van der Waals surface area contributed by atoms with Gasteiger partial charge in [0, 0.05) is 25.7 Å². The topological polar surface area (TPSA) is 109 Å². The molecule has 5 heterocycles. The predicted molar refractivity (Wildman–Crippen MR) is 132 cm³/mol. The molecule has 3 fully saturated rings. The molecule has 11 heteroatoms. The van der Waals surface area contributed by atoms with Crippen molar-refractivity contribution in [3.63, 3.8) is 0 Å². The van der Waals surface area contributed by atoms with Crippen LogP contribution in [0.25, 0.3) is 10.6 Å². The summed E-state index contributed by atoms with van der Waals surface area (Å²) in [4.78, 5) is 40.5. The van der Waals surface area contributed by atoms with Crippen molar-refractivity contribution in [3.8, 4) is 10.6 Å². The van der Waals surface area contributed by atoms with Crippen LogP contribution >= 0.6 is 11.3 Å². The van der Waals surface area contributed by atoms with Gasteiger partial charge in [-0.3, -0.25) is 10.1 Å². The van der Waals surface area contributed by atoms with Crippen LogP contribution in [0.3, 0.4) is 0 Å². The second-order valence-corrected chi connectivity index (χ2v) is 10.7. The van der Waals surface area contributed by atoms with Crippen LogP contribution in [0.15, 0.2) is 6.07 Å². The second-order valence-electron chi connectivity index (χ2n) is 9.74. The number of aryl methyl sites for hydroxylation is 1. The van der Waals surface area contributed by atoms with Gasteiger partial charge >= 0.3 is 6.03 Å². The number of thiazole rings is 1. The average molecular weight is 499 g/mol. The van der Waals surface area contributed by atoms with Gasteiger partial charge in [-0.25, -0.2) is 14.8 Å². The Morgan fingerprint density at radius 2 is 1.97 bits per heavy atom. The van der Waals surface area contributed by atoms with Crippen molar-refractivity contribution in [2.24, 2.45) is 5.92 Å². The smallest absolute Gasteiger partial charge is 0.321 e. The highest BCUT2D eigenvalue weighted by atomic mass is 32.1. The second kappa shape index (κ2) is 9.03.